The maximum absolute atomic E-state index is 12.7. The first-order valence-electron chi connectivity index (χ1n) is 15.8. The Hall–Kier alpha value is -2.94. The smallest absolute Gasteiger partial charge is 0.433 e. The molecule has 1 fully saturated rings. The number of aliphatic hydroxyl groups excluding tert-OH is 2. The van der Waals surface area contributed by atoms with Crippen LogP contribution in [-0.2, 0) is 61.2 Å². The van der Waals surface area contributed by atoms with Crippen LogP contribution in [0.2, 0.25) is 6.32 Å². The Morgan fingerprint density at radius 2 is 1.80 bits per heavy atom. The molecule has 30 heteroatoms. The highest BCUT2D eigenvalue weighted by Gasteiger charge is 2.57. The number of imidazole rings is 1. The molecule has 2 aromatic rings. The van der Waals surface area contributed by atoms with E-state index in [1.54, 1.807) is 0 Å². The summed E-state index contributed by atoms with van der Waals surface area (Å²) >= 11 is 0. The summed E-state index contributed by atoms with van der Waals surface area (Å²) in [7, 11) is -15.1. The summed E-state index contributed by atoms with van der Waals surface area (Å²) in [6, 6.07) is 0. The van der Waals surface area contributed by atoms with Gasteiger partial charge in [0.1, 0.15) is 36.3 Å². The van der Waals surface area contributed by atoms with Crippen LogP contribution in [0.5, 0.6) is 0 Å². The first-order chi connectivity index (χ1) is 25.4. The lowest BCUT2D eigenvalue weighted by atomic mass is 9.87. The average molecular weight is 848 g/mol. The molecule has 7 unspecified atom stereocenters. The molecule has 3 rings (SSSR count). The molecule has 7 atom stereocenters. The Balaban J connectivity index is 1.53. The summed E-state index contributed by atoms with van der Waals surface area (Å²) in [5.74, 6) is -1.52. The van der Waals surface area contributed by atoms with Gasteiger partial charge in [0, 0.05) is 24.9 Å². The van der Waals surface area contributed by atoms with Gasteiger partial charge in [-0.05, 0) is 13.2 Å². The molecule has 1 aliphatic rings. The monoisotopic (exact) mass is 848 g/mol. The van der Waals surface area contributed by atoms with Crippen LogP contribution in [-0.4, -0.2) is 131 Å². The third-order valence-corrected chi connectivity index (χ3v) is 10.7. The van der Waals surface area contributed by atoms with Gasteiger partial charge >= 0.3 is 23.5 Å². The van der Waals surface area contributed by atoms with Crippen molar-refractivity contribution in [3.8, 4) is 0 Å². The molecule has 0 saturated carbocycles. The van der Waals surface area contributed by atoms with Crippen molar-refractivity contribution < 1.29 is 90.5 Å². The van der Waals surface area contributed by atoms with Crippen molar-refractivity contribution >= 4 is 59.7 Å². The summed E-state index contributed by atoms with van der Waals surface area (Å²) in [6.45, 7) is 4.89. The van der Waals surface area contributed by atoms with Crippen LogP contribution in [0.1, 0.15) is 27.2 Å². The van der Waals surface area contributed by atoms with E-state index < -0.39 is 84.1 Å². The van der Waals surface area contributed by atoms with Crippen LogP contribution in [0.15, 0.2) is 25.0 Å². The SMILES string of the molecule is C=C(CO[B]CCNC(=O)CCNC(=O)C(O)C(C)(C)COP(=O)(O)OP(=O)(O)OCC1OC(C)(n2cnc3c(N)ncnc32)C(O)C1OP(=O)(O)O)OO. The molecule has 1 aliphatic heterocycles. The van der Waals surface area contributed by atoms with Gasteiger partial charge in [-0.25, -0.2) is 33.9 Å². The van der Waals surface area contributed by atoms with Crippen molar-refractivity contribution in [2.24, 2.45) is 5.41 Å². The van der Waals surface area contributed by atoms with Gasteiger partial charge in [-0.1, -0.05) is 20.4 Å². The Labute approximate surface area is 313 Å². The number of carbonyl (C=O) groups is 2. The van der Waals surface area contributed by atoms with Gasteiger partial charge in [0.2, 0.25) is 11.8 Å². The molecule has 3 heterocycles. The summed E-state index contributed by atoms with van der Waals surface area (Å²) in [5, 5.41) is 34.9. The maximum Gasteiger partial charge on any atom is 0.481 e. The summed E-state index contributed by atoms with van der Waals surface area (Å²) in [6.07, 6.45) is -5.24. The fourth-order valence-electron chi connectivity index (χ4n) is 4.78. The van der Waals surface area contributed by atoms with Crippen molar-refractivity contribution in [3.05, 3.63) is 25.0 Å². The third-order valence-electron chi connectivity index (χ3n) is 7.64. The van der Waals surface area contributed by atoms with Crippen molar-refractivity contribution in [3.63, 3.8) is 0 Å². The van der Waals surface area contributed by atoms with Crippen LogP contribution in [0.4, 0.5) is 5.82 Å². The minimum atomic E-state index is -5.59. The molecule has 1 saturated heterocycles. The maximum atomic E-state index is 12.7. The lowest BCUT2D eigenvalue weighted by Crippen LogP contribution is -2.46. The van der Waals surface area contributed by atoms with E-state index in [1.807, 2.05) is 0 Å². The summed E-state index contributed by atoms with van der Waals surface area (Å²) < 4.78 is 67.5. The normalized spacial score (nSPS) is 23.1. The first kappa shape index (κ1) is 46.4. The van der Waals surface area contributed by atoms with E-state index in [-0.39, 0.29) is 48.9 Å². The average Bonchev–Trinajstić information content (AvgIpc) is 3.63. The minimum absolute atomic E-state index is 0.0154. The topological polar surface area (TPSA) is 385 Å². The first-order valence-corrected chi connectivity index (χ1v) is 20.3. The highest BCUT2D eigenvalue weighted by molar-refractivity contribution is 7.61. The standard InChI is InChI=1S/C25H42BN7O19P3/c1-14(50-38)9-46-26-6-8-28-16(34)5-7-29-23(37)20(36)24(2,3)11-48-55(44,45)52-54(42,43)47-10-15-18(51-53(39,40)41)19(35)25(4,49-15)33-13-32-17-21(27)30-12-31-22(17)33/h12-13,15,18-20,35-36,38H,1,5-11H2,2-4H3,(H,28,34)(H,29,37)(H,42,43)(H,44,45)(H2,27,30,31)(H2,39,40,41). The molecule has 0 aliphatic carbocycles. The van der Waals surface area contributed by atoms with Gasteiger partial charge in [-0.2, -0.15) is 4.31 Å². The molecule has 1 radical (unpaired) electrons. The van der Waals surface area contributed by atoms with Gasteiger partial charge in [-0.3, -0.25) is 27.7 Å². The van der Waals surface area contributed by atoms with Crippen molar-refractivity contribution in [2.75, 3.05) is 38.6 Å². The van der Waals surface area contributed by atoms with Crippen LogP contribution in [0, 0.1) is 5.41 Å². The molecular formula is C25H42BN7O19P3. The van der Waals surface area contributed by atoms with Gasteiger partial charge < -0.3 is 60.4 Å². The minimum Gasteiger partial charge on any atom is -0.433 e. The zero-order valence-corrected chi connectivity index (χ0v) is 32.1. The number of nitrogen functional groups attached to an aromatic ring is 1. The number of fused-ring (bicyclic) bond motifs is 1. The van der Waals surface area contributed by atoms with E-state index in [1.165, 1.54) is 28.3 Å². The van der Waals surface area contributed by atoms with Crippen LogP contribution in [0.3, 0.4) is 0 Å². The Kier molecular flexibility index (Phi) is 16.0. The predicted molar refractivity (Wildman–Crippen MR) is 184 cm³/mol. The second-order valence-electron chi connectivity index (χ2n) is 12.5. The molecule has 0 aromatic carbocycles. The number of nitrogens with zero attached hydrogens (tertiary/aromatic N) is 4. The molecule has 2 amide bonds. The number of phosphoric ester groups is 3. The fourth-order valence-corrected chi connectivity index (χ4v) is 7.60. The number of phosphoric acid groups is 3. The van der Waals surface area contributed by atoms with E-state index in [4.69, 9.17) is 34.0 Å². The molecular weight excluding hydrogens is 806 g/mol. The summed E-state index contributed by atoms with van der Waals surface area (Å²) in [5.41, 5.74) is 2.28. The summed E-state index contributed by atoms with van der Waals surface area (Å²) in [4.78, 5) is 79.5. The van der Waals surface area contributed by atoms with Gasteiger partial charge in [0.15, 0.2) is 22.9 Å². The number of amides is 2. The number of carbonyl (C=O) groups excluding carboxylic acids is 2. The molecule has 0 bridgehead atoms. The zero-order valence-electron chi connectivity index (χ0n) is 29.4. The van der Waals surface area contributed by atoms with E-state index >= 15 is 0 Å². The molecule has 11 N–H and O–H groups in total. The van der Waals surface area contributed by atoms with E-state index in [0.29, 0.717) is 6.32 Å². The zero-order chi connectivity index (χ0) is 41.4. The van der Waals surface area contributed by atoms with Gasteiger partial charge in [0.05, 0.1) is 26.1 Å². The fraction of sp³-hybridized carbons (Fsp3) is 0.640. The van der Waals surface area contributed by atoms with E-state index in [9.17, 15) is 53.1 Å². The van der Waals surface area contributed by atoms with Crippen LogP contribution in [0.25, 0.3) is 11.2 Å². The lowest BCUT2D eigenvalue weighted by Gasteiger charge is -2.30. The molecule has 0 spiro atoms. The molecule has 55 heavy (non-hydrogen) atoms. The number of ether oxygens (including phenoxy) is 1. The molecule has 2 aromatic heterocycles. The highest BCUT2D eigenvalue weighted by atomic mass is 31.3. The van der Waals surface area contributed by atoms with Crippen LogP contribution < -0.4 is 16.4 Å². The Morgan fingerprint density at radius 1 is 1.13 bits per heavy atom. The second-order valence-corrected chi connectivity index (χ2v) is 16.8. The Morgan fingerprint density at radius 3 is 2.45 bits per heavy atom. The second kappa shape index (κ2) is 19.0. The lowest BCUT2D eigenvalue weighted by molar-refractivity contribution is -0.207. The quantitative estimate of drug-likeness (QED) is 0.0154. The number of rotatable bonds is 23. The van der Waals surface area contributed by atoms with Crippen LogP contribution >= 0.6 is 23.5 Å². The van der Waals surface area contributed by atoms with Crippen molar-refractivity contribution in [1.29, 1.82) is 0 Å². The number of nitrogens with two attached hydrogens (primary N) is 1. The van der Waals surface area contributed by atoms with Crippen molar-refractivity contribution in [2.45, 2.75) is 63.7 Å². The largest absolute Gasteiger partial charge is 0.481 e. The van der Waals surface area contributed by atoms with E-state index in [2.05, 4.69) is 41.4 Å². The number of hydrogen-bond acceptors (Lipinski definition) is 19. The number of hydrogen-bond donors (Lipinski definition) is 10. The van der Waals surface area contributed by atoms with Gasteiger partial charge in [0.25, 0.3) is 7.48 Å². The van der Waals surface area contributed by atoms with Gasteiger partial charge in [-0.15, -0.1) is 0 Å². The Bertz CT molecular complexity index is 1820. The van der Waals surface area contributed by atoms with E-state index in [0.717, 1.165) is 17.2 Å². The molecule has 26 nitrogen and oxygen atoms in total. The number of nitrogens with one attached hydrogen (secondary N) is 2. The number of aromatic nitrogens is 4. The predicted octanol–water partition coefficient (Wildman–Crippen LogP) is -1.36. The number of aliphatic hydroxyl groups is 2. The highest BCUT2D eigenvalue weighted by Crippen LogP contribution is 2.61. The van der Waals surface area contributed by atoms with Crippen molar-refractivity contribution in [1.82, 2.24) is 30.2 Å². The molecule has 309 valence electrons. The number of anilines is 1. The third kappa shape index (κ3) is 13.3.